The lowest BCUT2D eigenvalue weighted by atomic mass is 9.98. The van der Waals surface area contributed by atoms with E-state index in [-0.39, 0.29) is 6.42 Å². The summed E-state index contributed by atoms with van der Waals surface area (Å²) in [7, 11) is 0. The van der Waals surface area contributed by atoms with Crippen LogP contribution in [0.4, 0.5) is 0 Å². The Labute approximate surface area is 126 Å². The van der Waals surface area contributed by atoms with Crippen molar-refractivity contribution < 1.29 is 14.6 Å². The lowest BCUT2D eigenvalue weighted by Gasteiger charge is -2.35. The first-order valence-electron chi connectivity index (χ1n) is 7.80. The van der Waals surface area contributed by atoms with E-state index in [4.69, 9.17) is 9.84 Å². The van der Waals surface area contributed by atoms with E-state index in [1.165, 1.54) is 18.4 Å². The molecule has 1 aliphatic rings. The number of benzene rings is 1. The van der Waals surface area contributed by atoms with Gasteiger partial charge in [-0.05, 0) is 44.9 Å². The molecular weight excluding hydrogens is 266 g/mol. The zero-order valence-corrected chi connectivity index (χ0v) is 12.8. The van der Waals surface area contributed by atoms with Crippen molar-refractivity contribution in [3.63, 3.8) is 0 Å². The largest absolute Gasteiger partial charge is 0.492 e. The maximum atomic E-state index is 10.7. The predicted octanol–water partition coefficient (Wildman–Crippen LogP) is 3.09. The predicted molar refractivity (Wildman–Crippen MR) is 82.8 cm³/mol. The molecule has 1 unspecified atom stereocenters. The van der Waals surface area contributed by atoms with Gasteiger partial charge in [0, 0.05) is 19.0 Å². The molecule has 1 fully saturated rings. The second-order valence-electron chi connectivity index (χ2n) is 5.78. The highest BCUT2D eigenvalue weighted by Crippen LogP contribution is 2.21. The van der Waals surface area contributed by atoms with Gasteiger partial charge in [0.15, 0.2) is 0 Å². The van der Waals surface area contributed by atoms with E-state index in [1.54, 1.807) is 0 Å². The van der Waals surface area contributed by atoms with Gasteiger partial charge in [-0.2, -0.15) is 0 Å². The highest BCUT2D eigenvalue weighted by molar-refractivity contribution is 5.66. The molecule has 4 heteroatoms. The topological polar surface area (TPSA) is 49.8 Å². The Bertz CT molecular complexity index is 444. The molecule has 0 amide bonds. The third kappa shape index (κ3) is 5.38. The van der Waals surface area contributed by atoms with Crippen molar-refractivity contribution in [3.05, 3.63) is 29.8 Å². The highest BCUT2D eigenvalue weighted by Gasteiger charge is 2.22. The lowest BCUT2D eigenvalue weighted by molar-refractivity contribution is -0.137. The third-order valence-corrected chi connectivity index (χ3v) is 4.11. The molecule has 4 nitrogen and oxygen atoms in total. The summed E-state index contributed by atoms with van der Waals surface area (Å²) in [6.07, 6.45) is 4.53. The second-order valence-corrected chi connectivity index (χ2v) is 5.78. The minimum Gasteiger partial charge on any atom is -0.492 e. The summed E-state index contributed by atoms with van der Waals surface area (Å²) in [6, 6.07) is 8.48. The van der Waals surface area contributed by atoms with E-state index in [1.807, 2.05) is 24.3 Å². The quantitative estimate of drug-likeness (QED) is 0.838. The van der Waals surface area contributed by atoms with Crippen molar-refractivity contribution in [2.75, 3.05) is 19.7 Å². The molecule has 1 heterocycles. The van der Waals surface area contributed by atoms with Crippen LogP contribution in [-0.2, 0) is 4.79 Å². The first-order chi connectivity index (χ1) is 10.1. The van der Waals surface area contributed by atoms with Crippen LogP contribution in [0.3, 0.4) is 0 Å². The van der Waals surface area contributed by atoms with Crippen LogP contribution in [0.25, 0.3) is 0 Å². The van der Waals surface area contributed by atoms with Gasteiger partial charge in [-0.1, -0.05) is 24.1 Å². The summed E-state index contributed by atoms with van der Waals surface area (Å²) >= 11 is 0. The number of ether oxygens (including phenoxy) is 1. The average molecular weight is 291 g/mol. The minimum absolute atomic E-state index is 0.264. The Morgan fingerprint density at radius 1 is 1.33 bits per heavy atom. The van der Waals surface area contributed by atoms with Crippen molar-refractivity contribution in [3.8, 4) is 5.75 Å². The molecule has 0 bridgehead atoms. The maximum absolute atomic E-state index is 10.7. The van der Waals surface area contributed by atoms with Gasteiger partial charge in [0.05, 0.1) is 0 Å². The molecule has 0 radical (unpaired) electrons. The summed E-state index contributed by atoms with van der Waals surface area (Å²) in [5.41, 5.74) is 1.23. The Morgan fingerprint density at radius 3 is 2.81 bits per heavy atom. The van der Waals surface area contributed by atoms with Gasteiger partial charge in [-0.15, -0.1) is 0 Å². The molecule has 1 atom stereocenters. The van der Waals surface area contributed by atoms with Crippen molar-refractivity contribution >= 4 is 5.97 Å². The molecule has 0 aliphatic carbocycles. The van der Waals surface area contributed by atoms with Crippen LogP contribution in [-0.4, -0.2) is 41.7 Å². The maximum Gasteiger partial charge on any atom is 0.303 e. The van der Waals surface area contributed by atoms with Gasteiger partial charge in [0.2, 0.25) is 0 Å². The Balaban J connectivity index is 1.76. The van der Waals surface area contributed by atoms with Crippen LogP contribution in [0.1, 0.15) is 37.7 Å². The number of likely N-dealkylation sites (tertiary alicyclic amines) is 1. The SMILES string of the molecule is Cc1ccc(OCCN2CCCCC2CCC(=O)O)cc1. The van der Waals surface area contributed by atoms with Gasteiger partial charge in [0.1, 0.15) is 12.4 Å². The summed E-state index contributed by atoms with van der Waals surface area (Å²) in [6.45, 7) is 4.65. The molecule has 1 saturated heterocycles. The van der Waals surface area contributed by atoms with Gasteiger partial charge < -0.3 is 9.84 Å². The fourth-order valence-electron chi connectivity index (χ4n) is 2.89. The molecule has 21 heavy (non-hydrogen) atoms. The van der Waals surface area contributed by atoms with E-state index in [0.717, 1.165) is 31.7 Å². The molecule has 1 aromatic rings. The zero-order chi connectivity index (χ0) is 15.1. The summed E-state index contributed by atoms with van der Waals surface area (Å²) in [5, 5.41) is 8.83. The van der Waals surface area contributed by atoms with Crippen LogP contribution in [0.5, 0.6) is 5.75 Å². The van der Waals surface area contributed by atoms with Crippen LogP contribution in [0.2, 0.25) is 0 Å². The molecule has 2 rings (SSSR count). The summed E-state index contributed by atoms with van der Waals surface area (Å²) in [4.78, 5) is 13.1. The van der Waals surface area contributed by atoms with Crippen molar-refractivity contribution in [2.45, 2.75) is 45.1 Å². The smallest absolute Gasteiger partial charge is 0.303 e. The molecule has 0 spiro atoms. The Hall–Kier alpha value is -1.55. The van der Waals surface area contributed by atoms with Gasteiger partial charge >= 0.3 is 5.97 Å². The minimum atomic E-state index is -0.698. The van der Waals surface area contributed by atoms with Gasteiger partial charge in [0.25, 0.3) is 0 Å². The van der Waals surface area contributed by atoms with E-state index >= 15 is 0 Å². The number of piperidine rings is 1. The molecule has 116 valence electrons. The summed E-state index contributed by atoms with van der Waals surface area (Å²) < 4.78 is 5.78. The lowest BCUT2D eigenvalue weighted by Crippen LogP contribution is -2.42. The number of hydrogen-bond donors (Lipinski definition) is 1. The molecule has 1 aliphatic heterocycles. The number of aliphatic carboxylic acids is 1. The molecule has 0 saturated carbocycles. The summed E-state index contributed by atoms with van der Waals surface area (Å²) in [5.74, 6) is 0.205. The standard InChI is InChI=1S/C17H25NO3/c1-14-5-8-16(9-6-14)21-13-12-18-11-3-2-4-15(18)7-10-17(19)20/h5-6,8-9,15H,2-4,7,10-13H2,1H3,(H,19,20). The third-order valence-electron chi connectivity index (χ3n) is 4.11. The Kier molecular flexibility index (Phi) is 6.05. The normalized spacial score (nSPS) is 19.4. The monoisotopic (exact) mass is 291 g/mol. The highest BCUT2D eigenvalue weighted by atomic mass is 16.5. The number of carboxylic acid groups (broad SMARTS) is 1. The molecule has 1 aromatic carbocycles. The van der Waals surface area contributed by atoms with Crippen LogP contribution >= 0.6 is 0 Å². The Morgan fingerprint density at radius 2 is 2.10 bits per heavy atom. The van der Waals surface area contributed by atoms with Crippen molar-refractivity contribution in [1.29, 1.82) is 0 Å². The fourth-order valence-corrected chi connectivity index (χ4v) is 2.89. The first-order valence-corrected chi connectivity index (χ1v) is 7.80. The first kappa shape index (κ1) is 15.8. The number of carboxylic acids is 1. The van der Waals surface area contributed by atoms with E-state index in [0.29, 0.717) is 12.6 Å². The number of aryl methyl sites for hydroxylation is 1. The van der Waals surface area contributed by atoms with E-state index in [9.17, 15) is 4.79 Å². The average Bonchev–Trinajstić information content (AvgIpc) is 2.48. The molecule has 0 aromatic heterocycles. The van der Waals surface area contributed by atoms with Crippen molar-refractivity contribution in [2.24, 2.45) is 0 Å². The number of carbonyl (C=O) groups is 1. The molecule has 1 N–H and O–H groups in total. The zero-order valence-electron chi connectivity index (χ0n) is 12.8. The fraction of sp³-hybridized carbons (Fsp3) is 0.588. The number of nitrogens with zero attached hydrogens (tertiary/aromatic N) is 1. The van der Waals surface area contributed by atoms with E-state index < -0.39 is 5.97 Å². The van der Waals surface area contributed by atoms with Crippen LogP contribution in [0, 0.1) is 6.92 Å². The number of rotatable bonds is 7. The van der Waals surface area contributed by atoms with Gasteiger partial charge in [-0.25, -0.2) is 0 Å². The van der Waals surface area contributed by atoms with Crippen LogP contribution in [0.15, 0.2) is 24.3 Å². The van der Waals surface area contributed by atoms with Crippen molar-refractivity contribution in [1.82, 2.24) is 4.90 Å². The number of hydrogen-bond acceptors (Lipinski definition) is 3. The van der Waals surface area contributed by atoms with Gasteiger partial charge in [-0.3, -0.25) is 9.69 Å². The van der Waals surface area contributed by atoms with E-state index in [2.05, 4.69) is 11.8 Å². The second kappa shape index (κ2) is 8.03. The van der Waals surface area contributed by atoms with Crippen LogP contribution < -0.4 is 4.74 Å². The molecular formula is C17H25NO3.